The molecular weight excluding hydrogens is 519 g/mol. The van der Waals surface area contributed by atoms with Gasteiger partial charge in [-0.2, -0.15) is 13.2 Å². The first-order valence-electron chi connectivity index (χ1n) is 12.6. The molecule has 1 aliphatic heterocycles. The number of carbonyl (C=O) groups excluding carboxylic acids is 1. The van der Waals surface area contributed by atoms with E-state index in [1.807, 2.05) is 18.0 Å². The Balaban J connectivity index is 1.34. The summed E-state index contributed by atoms with van der Waals surface area (Å²) in [7, 11) is 1.99. The second kappa shape index (κ2) is 11.3. The Morgan fingerprint density at radius 3 is 2.62 bits per heavy atom. The molecule has 0 radical (unpaired) electrons. The molecule has 3 N–H and O–H groups in total. The van der Waals surface area contributed by atoms with Gasteiger partial charge in [-0.15, -0.1) is 0 Å². The highest BCUT2D eigenvalue weighted by Crippen LogP contribution is 2.34. The molecule has 5 rings (SSSR count). The van der Waals surface area contributed by atoms with E-state index in [-0.39, 0.29) is 23.4 Å². The Kier molecular flexibility index (Phi) is 7.64. The highest BCUT2D eigenvalue weighted by molar-refractivity contribution is 6.04. The number of aromatic nitrogens is 3. The number of alkyl halides is 3. The van der Waals surface area contributed by atoms with Gasteiger partial charge in [-0.3, -0.25) is 19.7 Å². The summed E-state index contributed by atoms with van der Waals surface area (Å²) in [6, 6.07) is 9.01. The maximum absolute atomic E-state index is 13.9. The molecular formula is C29H26F3N7O. The Morgan fingerprint density at radius 2 is 1.85 bits per heavy atom. The molecule has 0 atom stereocenters. The number of anilines is 2. The number of nitrogens with zero attached hydrogens (tertiary/aromatic N) is 5. The lowest BCUT2D eigenvalue weighted by Crippen LogP contribution is -2.44. The van der Waals surface area contributed by atoms with Crippen LogP contribution in [0.5, 0.6) is 0 Å². The lowest BCUT2D eigenvalue weighted by molar-refractivity contribution is -0.138. The Hall–Kier alpha value is -4.53. The number of rotatable bonds is 4. The van der Waals surface area contributed by atoms with Crippen LogP contribution in [0.4, 0.5) is 24.7 Å². The van der Waals surface area contributed by atoms with E-state index in [1.54, 1.807) is 18.5 Å². The number of nitrogens with one attached hydrogen (secondary N) is 1. The average Bonchev–Trinajstić information content (AvgIpc) is 2.94. The standard InChI is InChI=1S/C29H26F3N7O/c1-38-9-11-39(12-10-38)18-21-6-7-23(14-25(21)29(30,31)32)37-28(40)22-13-19(15-34-16-22)4-5-20-17-36-27(33)26-24(20)3-2-8-35-26/h2-3,6-8,13-17H,9-12,18H2,1H3,(H2,33,36)(H,37,40). The summed E-state index contributed by atoms with van der Waals surface area (Å²) in [5.74, 6) is 5.65. The van der Waals surface area contributed by atoms with Gasteiger partial charge in [0.1, 0.15) is 11.3 Å². The SMILES string of the molecule is CN1CCN(Cc2ccc(NC(=O)c3cncc(C#Cc4cnc(N)c5ncccc45)c3)cc2C(F)(F)F)CC1. The summed E-state index contributed by atoms with van der Waals surface area (Å²) in [6.07, 6.45) is 1.42. The summed E-state index contributed by atoms with van der Waals surface area (Å²) < 4.78 is 41.8. The van der Waals surface area contributed by atoms with Crippen LogP contribution in [0.25, 0.3) is 10.9 Å². The van der Waals surface area contributed by atoms with E-state index in [4.69, 9.17) is 5.73 Å². The molecule has 0 unspecified atom stereocenters. The van der Waals surface area contributed by atoms with E-state index < -0.39 is 17.6 Å². The summed E-state index contributed by atoms with van der Waals surface area (Å²) in [4.78, 5) is 29.5. The molecule has 3 aromatic heterocycles. The number of hydrogen-bond acceptors (Lipinski definition) is 7. The van der Waals surface area contributed by atoms with Crippen LogP contribution in [0.1, 0.15) is 32.6 Å². The zero-order valence-electron chi connectivity index (χ0n) is 21.7. The first-order valence-corrected chi connectivity index (χ1v) is 12.6. The first kappa shape index (κ1) is 27.1. The lowest BCUT2D eigenvalue weighted by atomic mass is 10.0. The minimum absolute atomic E-state index is 0.0443. The minimum Gasteiger partial charge on any atom is -0.382 e. The van der Waals surface area contributed by atoms with Gasteiger partial charge in [-0.05, 0) is 42.9 Å². The van der Waals surface area contributed by atoms with Gasteiger partial charge in [-0.25, -0.2) is 4.98 Å². The fourth-order valence-electron chi connectivity index (χ4n) is 4.47. The van der Waals surface area contributed by atoms with Crippen molar-refractivity contribution >= 4 is 28.3 Å². The molecule has 4 aromatic rings. The van der Waals surface area contributed by atoms with Gasteiger partial charge in [-0.1, -0.05) is 17.9 Å². The number of piperazine rings is 1. The third-order valence-electron chi connectivity index (χ3n) is 6.68. The number of carbonyl (C=O) groups is 1. The van der Waals surface area contributed by atoms with Gasteiger partial charge in [0, 0.05) is 74.1 Å². The monoisotopic (exact) mass is 545 g/mol. The molecule has 0 bridgehead atoms. The number of pyridine rings is 3. The largest absolute Gasteiger partial charge is 0.416 e. The van der Waals surface area contributed by atoms with Gasteiger partial charge in [0.25, 0.3) is 5.91 Å². The summed E-state index contributed by atoms with van der Waals surface area (Å²) >= 11 is 0. The van der Waals surface area contributed by atoms with Crippen molar-refractivity contribution in [1.82, 2.24) is 24.8 Å². The molecule has 1 fully saturated rings. The van der Waals surface area contributed by atoms with Crippen molar-refractivity contribution in [2.45, 2.75) is 12.7 Å². The number of halogens is 3. The van der Waals surface area contributed by atoms with Crippen LogP contribution in [-0.2, 0) is 12.7 Å². The van der Waals surface area contributed by atoms with Crippen molar-refractivity contribution in [2.75, 3.05) is 44.3 Å². The molecule has 1 aliphatic rings. The van der Waals surface area contributed by atoms with E-state index in [1.165, 1.54) is 30.6 Å². The summed E-state index contributed by atoms with van der Waals surface area (Å²) in [5.41, 5.74) is 7.09. The normalized spacial score (nSPS) is 14.5. The molecule has 4 heterocycles. The molecule has 0 spiro atoms. The van der Waals surface area contributed by atoms with Crippen molar-refractivity contribution in [2.24, 2.45) is 0 Å². The number of nitrogens with two attached hydrogens (primary N) is 1. The Bertz CT molecular complexity index is 1620. The smallest absolute Gasteiger partial charge is 0.382 e. The van der Waals surface area contributed by atoms with Crippen LogP contribution < -0.4 is 11.1 Å². The zero-order valence-corrected chi connectivity index (χ0v) is 21.7. The maximum atomic E-state index is 13.9. The maximum Gasteiger partial charge on any atom is 0.416 e. The van der Waals surface area contributed by atoms with E-state index >= 15 is 0 Å². The molecule has 11 heteroatoms. The highest BCUT2D eigenvalue weighted by Gasteiger charge is 2.34. The second-order valence-corrected chi connectivity index (χ2v) is 9.57. The first-order chi connectivity index (χ1) is 19.2. The second-order valence-electron chi connectivity index (χ2n) is 9.57. The van der Waals surface area contributed by atoms with E-state index in [0.29, 0.717) is 35.6 Å². The quantitative estimate of drug-likeness (QED) is 0.374. The van der Waals surface area contributed by atoms with Crippen molar-refractivity contribution in [3.63, 3.8) is 0 Å². The molecule has 1 amide bonds. The number of nitrogen functional groups attached to an aromatic ring is 1. The van der Waals surface area contributed by atoms with E-state index in [9.17, 15) is 18.0 Å². The number of likely N-dealkylation sites (N-methyl/N-ethyl adjacent to an activating group) is 1. The third-order valence-corrected chi connectivity index (χ3v) is 6.68. The van der Waals surface area contributed by atoms with Crippen LogP contribution in [0.3, 0.4) is 0 Å². The predicted octanol–water partition coefficient (Wildman–Crippen LogP) is 4.03. The Labute approximate surface area is 229 Å². The third kappa shape index (κ3) is 6.20. The number of amides is 1. The van der Waals surface area contributed by atoms with Gasteiger partial charge in [0.15, 0.2) is 0 Å². The van der Waals surface area contributed by atoms with Gasteiger partial charge in [0.05, 0.1) is 16.7 Å². The van der Waals surface area contributed by atoms with Crippen molar-refractivity contribution < 1.29 is 18.0 Å². The average molecular weight is 546 g/mol. The molecule has 1 aromatic carbocycles. The molecule has 8 nitrogen and oxygen atoms in total. The molecule has 0 aliphatic carbocycles. The molecule has 0 saturated carbocycles. The number of fused-ring (bicyclic) bond motifs is 1. The fourth-order valence-corrected chi connectivity index (χ4v) is 4.47. The van der Waals surface area contributed by atoms with E-state index in [2.05, 4.69) is 37.0 Å². The van der Waals surface area contributed by atoms with Crippen molar-refractivity contribution in [3.8, 4) is 11.8 Å². The number of benzene rings is 1. The van der Waals surface area contributed by atoms with Crippen LogP contribution in [0.2, 0.25) is 0 Å². The van der Waals surface area contributed by atoms with Crippen molar-refractivity contribution in [1.29, 1.82) is 0 Å². The summed E-state index contributed by atoms with van der Waals surface area (Å²) in [5, 5.41) is 3.30. The Morgan fingerprint density at radius 1 is 1.05 bits per heavy atom. The molecule has 40 heavy (non-hydrogen) atoms. The van der Waals surface area contributed by atoms with Crippen LogP contribution in [-0.4, -0.2) is 63.9 Å². The van der Waals surface area contributed by atoms with Crippen LogP contribution in [0.15, 0.2) is 61.2 Å². The summed E-state index contributed by atoms with van der Waals surface area (Å²) in [6.45, 7) is 3.19. The number of hydrogen-bond donors (Lipinski definition) is 2. The topological polar surface area (TPSA) is 100 Å². The van der Waals surface area contributed by atoms with Crippen LogP contribution >= 0.6 is 0 Å². The van der Waals surface area contributed by atoms with Gasteiger partial charge >= 0.3 is 6.18 Å². The van der Waals surface area contributed by atoms with Gasteiger partial charge in [0.2, 0.25) is 0 Å². The van der Waals surface area contributed by atoms with Crippen LogP contribution in [0, 0.1) is 11.8 Å². The predicted molar refractivity (Wildman–Crippen MR) is 146 cm³/mol. The highest BCUT2D eigenvalue weighted by atomic mass is 19.4. The van der Waals surface area contributed by atoms with Gasteiger partial charge < -0.3 is 16.0 Å². The lowest BCUT2D eigenvalue weighted by Gasteiger charge is -2.33. The molecule has 1 saturated heterocycles. The van der Waals surface area contributed by atoms with E-state index in [0.717, 1.165) is 24.5 Å². The fraction of sp³-hybridized carbons (Fsp3) is 0.241. The molecule has 204 valence electrons. The zero-order chi connectivity index (χ0) is 28.3. The minimum atomic E-state index is -4.56. The van der Waals surface area contributed by atoms with Crippen molar-refractivity contribution in [3.05, 3.63) is 89.0 Å².